The number of nitrogens with zero attached hydrogens (tertiary/aromatic N) is 2. The van der Waals surface area contributed by atoms with Crippen LogP contribution >= 0.6 is 11.3 Å². The Kier molecular flexibility index (Phi) is 12.0. The summed E-state index contributed by atoms with van der Waals surface area (Å²) in [5, 5.41) is 0. The van der Waals surface area contributed by atoms with E-state index >= 15 is 0 Å². The molecule has 6 nitrogen and oxygen atoms in total. The monoisotopic (exact) mass is 520 g/mol. The van der Waals surface area contributed by atoms with Gasteiger partial charge in [0.2, 0.25) is 5.51 Å². The molecular formula is C16H26F6N2O4S3. The summed E-state index contributed by atoms with van der Waals surface area (Å²) in [6, 6.07) is 0. The number of aryl methyl sites for hydroxylation is 2. The lowest BCUT2D eigenvalue weighted by Crippen LogP contribution is -2.35. The number of hydrogen-bond acceptors (Lipinski definition) is 5. The Morgan fingerprint density at radius 3 is 1.74 bits per heavy atom. The van der Waals surface area contributed by atoms with Gasteiger partial charge in [-0.15, -0.1) is 0 Å². The Hall–Kier alpha value is -0.930. The van der Waals surface area contributed by atoms with Gasteiger partial charge in [-0.1, -0.05) is 50.9 Å². The van der Waals surface area contributed by atoms with Crippen LogP contribution in [-0.4, -0.2) is 27.9 Å². The predicted octanol–water partition coefficient (Wildman–Crippen LogP) is 5.33. The molecule has 0 aliphatic carbocycles. The van der Waals surface area contributed by atoms with E-state index in [4.69, 9.17) is 0 Å². The topological polar surface area (TPSA) is 86.3 Å². The highest BCUT2D eigenvalue weighted by Gasteiger charge is 2.46. The molecule has 0 saturated heterocycles. The highest BCUT2D eigenvalue weighted by Crippen LogP contribution is 2.36. The minimum atomic E-state index is -6.72. The predicted molar refractivity (Wildman–Crippen MR) is 105 cm³/mol. The van der Waals surface area contributed by atoms with E-state index in [9.17, 15) is 43.2 Å². The molecule has 0 bridgehead atoms. The van der Waals surface area contributed by atoms with Gasteiger partial charge in [0, 0.05) is 12.8 Å². The van der Waals surface area contributed by atoms with E-state index in [1.54, 1.807) is 5.69 Å². The van der Waals surface area contributed by atoms with Gasteiger partial charge in [0.25, 0.3) is 0 Å². The van der Waals surface area contributed by atoms with Gasteiger partial charge >= 0.3 is 11.0 Å². The van der Waals surface area contributed by atoms with Crippen molar-refractivity contribution in [2.75, 3.05) is 0 Å². The van der Waals surface area contributed by atoms with Crippen molar-refractivity contribution in [1.82, 2.24) is 0 Å². The van der Waals surface area contributed by atoms with Crippen molar-refractivity contribution in [1.29, 1.82) is 0 Å². The van der Waals surface area contributed by atoms with E-state index in [1.165, 1.54) is 56.4 Å². The molecule has 0 atom stereocenters. The molecule has 1 rings (SSSR count). The van der Waals surface area contributed by atoms with Crippen molar-refractivity contribution >= 4 is 31.4 Å². The molecule has 0 aromatic carbocycles. The van der Waals surface area contributed by atoms with Crippen molar-refractivity contribution in [3.8, 4) is 0 Å². The van der Waals surface area contributed by atoms with Gasteiger partial charge in [-0.05, 0) is 13.3 Å². The fraction of sp³-hybridized carbons (Fsp3) is 0.812. The molecule has 0 fully saturated rings. The van der Waals surface area contributed by atoms with E-state index in [-0.39, 0.29) is 0 Å². The van der Waals surface area contributed by atoms with Gasteiger partial charge in [0.1, 0.15) is 6.54 Å². The molecule has 1 aromatic heterocycles. The van der Waals surface area contributed by atoms with Gasteiger partial charge in [0.15, 0.2) is 25.7 Å². The first kappa shape index (κ1) is 30.1. The lowest BCUT2D eigenvalue weighted by Gasteiger charge is -2.22. The maximum Gasteiger partial charge on any atom is 0.480 e. The molecule has 0 aliphatic heterocycles. The quantitative estimate of drug-likeness (QED) is 0.237. The van der Waals surface area contributed by atoms with Crippen molar-refractivity contribution in [2.45, 2.75) is 83.3 Å². The van der Waals surface area contributed by atoms with Crippen LogP contribution < -0.4 is 4.57 Å². The van der Waals surface area contributed by atoms with Crippen LogP contribution in [-0.2, 0) is 33.0 Å². The second-order valence-corrected chi connectivity index (χ2v) is 10.9. The van der Waals surface area contributed by atoms with Crippen LogP contribution in [0.3, 0.4) is 0 Å². The van der Waals surface area contributed by atoms with Crippen molar-refractivity contribution in [3.63, 3.8) is 0 Å². The van der Waals surface area contributed by atoms with Crippen LogP contribution in [0.1, 0.15) is 62.9 Å². The van der Waals surface area contributed by atoms with Crippen LogP contribution in [0.25, 0.3) is 4.13 Å². The normalized spacial score (nSPS) is 13.1. The largest absolute Gasteiger partial charge is 0.480 e. The van der Waals surface area contributed by atoms with Crippen LogP contribution in [0.2, 0.25) is 0 Å². The minimum Gasteiger partial charge on any atom is -0.421 e. The summed E-state index contributed by atoms with van der Waals surface area (Å²) in [6.07, 6.45) is 9.50. The number of halogens is 6. The maximum atomic E-state index is 11.4. The first-order chi connectivity index (χ1) is 14.0. The fourth-order valence-corrected chi connectivity index (χ4v) is 5.02. The molecule has 0 N–H and O–H groups in total. The Morgan fingerprint density at radius 2 is 1.32 bits per heavy atom. The van der Waals surface area contributed by atoms with Gasteiger partial charge in [-0.25, -0.2) is 16.8 Å². The molecule has 0 radical (unpaired) electrons. The summed E-state index contributed by atoms with van der Waals surface area (Å²) in [5.74, 6) is 0. The molecule has 31 heavy (non-hydrogen) atoms. The van der Waals surface area contributed by atoms with E-state index in [0.717, 1.165) is 4.13 Å². The number of rotatable bonds is 10. The third kappa shape index (κ3) is 10.0. The molecular weight excluding hydrogens is 494 g/mol. The second-order valence-electron chi connectivity index (χ2n) is 6.46. The van der Waals surface area contributed by atoms with Crippen LogP contribution in [0.15, 0.2) is 5.51 Å². The summed E-state index contributed by atoms with van der Waals surface area (Å²) < 4.78 is 112. The van der Waals surface area contributed by atoms with E-state index in [2.05, 4.69) is 30.8 Å². The summed E-state index contributed by atoms with van der Waals surface area (Å²) >= 11 is 1.89. The SMILES string of the molecule is CCCCCCCC[n+]1csc(C)c1CC.O=S(=O)([N-]S(=O)(=O)C(F)(F)F)C(F)(F)F. The summed E-state index contributed by atoms with van der Waals surface area (Å²) in [7, 11) is -13.4. The van der Waals surface area contributed by atoms with Crippen molar-refractivity contribution < 1.29 is 47.7 Å². The molecule has 0 saturated carbocycles. The molecule has 0 spiro atoms. The Balaban J connectivity index is 0.000000582. The number of sulfonamides is 2. The number of unbranched alkanes of at least 4 members (excludes halogenated alkanes) is 5. The summed E-state index contributed by atoms with van der Waals surface area (Å²) in [4.78, 5) is 1.49. The van der Waals surface area contributed by atoms with Gasteiger partial charge in [0.05, 0.1) is 4.88 Å². The lowest BCUT2D eigenvalue weighted by atomic mass is 10.1. The number of hydrogen-bond donors (Lipinski definition) is 0. The van der Waals surface area contributed by atoms with Crippen molar-refractivity contribution in [2.24, 2.45) is 0 Å². The molecule has 1 aromatic rings. The molecule has 0 aliphatic rings. The van der Waals surface area contributed by atoms with E-state index in [1.807, 2.05) is 11.3 Å². The van der Waals surface area contributed by atoms with Crippen LogP contribution in [0.5, 0.6) is 0 Å². The molecule has 15 heteroatoms. The average Bonchev–Trinajstić information content (AvgIpc) is 2.95. The first-order valence-corrected chi connectivity index (χ1v) is 13.1. The number of aromatic nitrogens is 1. The summed E-state index contributed by atoms with van der Waals surface area (Å²) in [6.45, 7) is 7.99. The van der Waals surface area contributed by atoms with Gasteiger partial charge in [-0.2, -0.15) is 30.9 Å². The number of thiazole rings is 1. The smallest absolute Gasteiger partial charge is 0.421 e. The molecule has 0 amide bonds. The van der Waals surface area contributed by atoms with E-state index in [0.29, 0.717) is 0 Å². The van der Waals surface area contributed by atoms with Crippen LogP contribution in [0.4, 0.5) is 26.3 Å². The summed E-state index contributed by atoms with van der Waals surface area (Å²) in [5.41, 5.74) is -8.57. The highest BCUT2D eigenvalue weighted by molar-refractivity contribution is 8.13. The zero-order chi connectivity index (χ0) is 24.5. The fourth-order valence-electron chi connectivity index (χ4n) is 2.39. The zero-order valence-corrected chi connectivity index (χ0v) is 19.7. The first-order valence-electron chi connectivity index (χ1n) is 9.33. The average molecular weight is 521 g/mol. The Bertz CT molecular complexity index is 836. The van der Waals surface area contributed by atoms with E-state index < -0.39 is 31.1 Å². The zero-order valence-electron chi connectivity index (χ0n) is 17.3. The third-order valence-corrected chi connectivity index (χ3v) is 7.67. The van der Waals surface area contributed by atoms with Gasteiger partial charge < -0.3 is 4.13 Å². The Morgan fingerprint density at radius 1 is 0.871 bits per heavy atom. The second kappa shape index (κ2) is 12.3. The van der Waals surface area contributed by atoms with Gasteiger partial charge in [-0.3, -0.25) is 0 Å². The lowest BCUT2D eigenvalue weighted by molar-refractivity contribution is -0.699. The molecule has 1 heterocycles. The van der Waals surface area contributed by atoms with Crippen molar-refractivity contribution in [3.05, 3.63) is 20.2 Å². The number of alkyl halides is 6. The van der Waals surface area contributed by atoms with Crippen LogP contribution in [0, 0.1) is 6.92 Å². The third-order valence-electron chi connectivity index (χ3n) is 3.98. The molecule has 0 unspecified atom stereocenters. The highest BCUT2D eigenvalue weighted by atomic mass is 32.3. The maximum absolute atomic E-state index is 11.4. The minimum absolute atomic E-state index is 0.778. The standard InChI is InChI=1S/C14H26NS.C2F6NO4S2/c1-4-6-7-8-9-10-11-15-12-16-13(3)14(15)5-2;3-1(4,5)14(10,11)9-15(12,13)2(6,7)8/h12H,4-11H2,1-3H3;/q+1;-1. The Labute approximate surface area is 182 Å². The molecule has 184 valence electrons.